The van der Waals surface area contributed by atoms with E-state index in [1.807, 2.05) is 62.4 Å². The number of carbonyl (C=O) groups is 1. The van der Waals surface area contributed by atoms with Gasteiger partial charge in [0, 0.05) is 25.8 Å². The van der Waals surface area contributed by atoms with Gasteiger partial charge in [-0.15, -0.1) is 10.2 Å². The molecule has 0 saturated carbocycles. The van der Waals surface area contributed by atoms with Gasteiger partial charge in [0.25, 0.3) is 5.91 Å². The third-order valence-corrected chi connectivity index (χ3v) is 3.19. The summed E-state index contributed by atoms with van der Waals surface area (Å²) in [6, 6.07) is 12.8. The number of nitrogens with one attached hydrogen (secondary N) is 1. The molecule has 22 heavy (non-hydrogen) atoms. The number of hydrogen-bond acceptors (Lipinski definition) is 5. The van der Waals surface area contributed by atoms with Gasteiger partial charge < -0.3 is 15.1 Å². The van der Waals surface area contributed by atoms with E-state index in [0.717, 1.165) is 24.6 Å². The van der Waals surface area contributed by atoms with Crippen molar-refractivity contribution in [2.24, 2.45) is 0 Å². The van der Waals surface area contributed by atoms with Gasteiger partial charge in [0.05, 0.1) is 0 Å². The van der Waals surface area contributed by atoms with E-state index >= 15 is 0 Å². The van der Waals surface area contributed by atoms with Crippen LogP contribution >= 0.6 is 0 Å². The minimum Gasteiger partial charge on any atom is -0.357 e. The first-order valence-electron chi connectivity index (χ1n) is 7.12. The summed E-state index contributed by atoms with van der Waals surface area (Å²) in [6.45, 7) is 1.77. The molecule has 0 radical (unpaired) electrons. The number of carbonyl (C=O) groups excluding carboxylic acids is 1. The van der Waals surface area contributed by atoms with Crippen molar-refractivity contribution in [3.63, 3.8) is 0 Å². The van der Waals surface area contributed by atoms with Crippen molar-refractivity contribution < 1.29 is 4.79 Å². The molecular formula is C16H21N5O. The lowest BCUT2D eigenvalue weighted by atomic mass is 10.3. The zero-order chi connectivity index (χ0) is 15.9. The molecule has 2 rings (SSSR count). The van der Waals surface area contributed by atoms with Crippen LogP contribution in [-0.4, -0.2) is 55.2 Å². The van der Waals surface area contributed by atoms with Crippen LogP contribution < -0.4 is 10.2 Å². The topological polar surface area (TPSA) is 61.4 Å². The molecule has 0 aliphatic heterocycles. The summed E-state index contributed by atoms with van der Waals surface area (Å²) >= 11 is 0. The van der Waals surface area contributed by atoms with Crippen LogP contribution in [0.5, 0.6) is 0 Å². The van der Waals surface area contributed by atoms with E-state index in [2.05, 4.69) is 20.4 Å². The van der Waals surface area contributed by atoms with Gasteiger partial charge in [-0.3, -0.25) is 4.79 Å². The van der Waals surface area contributed by atoms with E-state index in [4.69, 9.17) is 0 Å². The summed E-state index contributed by atoms with van der Waals surface area (Å²) in [6.07, 6.45) is 0. The number of amides is 1. The van der Waals surface area contributed by atoms with E-state index in [1.165, 1.54) is 0 Å². The van der Waals surface area contributed by atoms with Crippen molar-refractivity contribution in [2.45, 2.75) is 0 Å². The Bertz CT molecular complexity index is 598. The number of nitrogens with zero attached hydrogens (tertiary/aromatic N) is 4. The van der Waals surface area contributed by atoms with Crippen LogP contribution in [0.1, 0.15) is 10.5 Å². The monoisotopic (exact) mass is 299 g/mol. The third kappa shape index (κ3) is 4.53. The summed E-state index contributed by atoms with van der Waals surface area (Å²) in [7, 11) is 6.00. The van der Waals surface area contributed by atoms with Crippen LogP contribution in [-0.2, 0) is 0 Å². The highest BCUT2D eigenvalue weighted by Gasteiger charge is 2.10. The highest BCUT2D eigenvalue weighted by Crippen LogP contribution is 2.10. The normalized spacial score (nSPS) is 10.5. The predicted molar refractivity (Wildman–Crippen MR) is 88.3 cm³/mol. The maximum Gasteiger partial charge on any atom is 0.276 e. The highest BCUT2D eigenvalue weighted by atomic mass is 16.1. The fourth-order valence-electron chi connectivity index (χ4n) is 1.83. The highest BCUT2D eigenvalue weighted by molar-refractivity contribution is 6.02. The summed E-state index contributed by atoms with van der Waals surface area (Å²) in [5.74, 6) is 0.485. The standard InChI is InChI=1S/C16H21N5O/c1-20(2)11-12-21(3)15-10-9-14(18-19-15)16(22)17-13-7-5-4-6-8-13/h4-10H,11-12H2,1-3H3,(H,17,22). The van der Waals surface area contributed by atoms with Crippen molar-refractivity contribution in [3.8, 4) is 0 Å². The Hall–Kier alpha value is -2.47. The molecule has 0 unspecified atom stereocenters. The Balaban J connectivity index is 1.97. The second-order valence-corrected chi connectivity index (χ2v) is 5.32. The van der Waals surface area contributed by atoms with E-state index < -0.39 is 0 Å². The quantitative estimate of drug-likeness (QED) is 0.880. The zero-order valence-electron chi connectivity index (χ0n) is 13.2. The lowest BCUT2D eigenvalue weighted by molar-refractivity contribution is 0.102. The van der Waals surface area contributed by atoms with E-state index in [0.29, 0.717) is 5.69 Å². The van der Waals surface area contributed by atoms with Gasteiger partial charge in [0.15, 0.2) is 11.5 Å². The molecule has 1 aromatic carbocycles. The third-order valence-electron chi connectivity index (χ3n) is 3.19. The van der Waals surface area contributed by atoms with E-state index in [1.54, 1.807) is 6.07 Å². The fraction of sp³-hybridized carbons (Fsp3) is 0.312. The van der Waals surface area contributed by atoms with Crippen molar-refractivity contribution >= 4 is 17.4 Å². The number of aromatic nitrogens is 2. The second kappa shape index (κ2) is 7.51. The maximum absolute atomic E-state index is 12.1. The van der Waals surface area contributed by atoms with Gasteiger partial charge >= 0.3 is 0 Å². The van der Waals surface area contributed by atoms with E-state index in [9.17, 15) is 4.79 Å². The number of hydrogen-bond donors (Lipinski definition) is 1. The van der Waals surface area contributed by atoms with Gasteiger partial charge in [0.2, 0.25) is 0 Å². The average molecular weight is 299 g/mol. The van der Waals surface area contributed by atoms with Gasteiger partial charge in [-0.1, -0.05) is 18.2 Å². The molecule has 0 aliphatic rings. The Labute approximate surface area is 130 Å². The number of likely N-dealkylation sites (N-methyl/N-ethyl adjacent to an activating group) is 2. The fourth-order valence-corrected chi connectivity index (χ4v) is 1.83. The molecule has 0 saturated heterocycles. The minimum atomic E-state index is -0.263. The molecule has 1 aromatic heterocycles. The van der Waals surface area contributed by atoms with Crippen LogP contribution in [0.2, 0.25) is 0 Å². The molecule has 1 heterocycles. The Kier molecular flexibility index (Phi) is 5.43. The minimum absolute atomic E-state index is 0.263. The Morgan fingerprint density at radius 3 is 2.32 bits per heavy atom. The Morgan fingerprint density at radius 2 is 1.73 bits per heavy atom. The van der Waals surface area contributed by atoms with Crippen LogP contribution in [0, 0.1) is 0 Å². The molecular weight excluding hydrogens is 278 g/mol. The van der Waals surface area contributed by atoms with Crippen molar-refractivity contribution in [3.05, 3.63) is 48.2 Å². The number of rotatable bonds is 6. The number of benzene rings is 1. The lowest BCUT2D eigenvalue weighted by Crippen LogP contribution is -2.29. The molecule has 116 valence electrons. The Morgan fingerprint density at radius 1 is 1.00 bits per heavy atom. The average Bonchev–Trinajstić information content (AvgIpc) is 2.53. The van der Waals surface area contributed by atoms with Crippen LogP contribution in [0.3, 0.4) is 0 Å². The van der Waals surface area contributed by atoms with Gasteiger partial charge in [-0.05, 0) is 38.4 Å². The first-order valence-corrected chi connectivity index (χ1v) is 7.12. The molecule has 0 spiro atoms. The first kappa shape index (κ1) is 15.9. The summed E-state index contributed by atoms with van der Waals surface area (Å²) < 4.78 is 0. The summed E-state index contributed by atoms with van der Waals surface area (Å²) in [4.78, 5) is 16.2. The maximum atomic E-state index is 12.1. The predicted octanol–water partition coefficient (Wildman–Crippen LogP) is 1.73. The zero-order valence-corrected chi connectivity index (χ0v) is 13.2. The van der Waals surface area contributed by atoms with Gasteiger partial charge in [0.1, 0.15) is 0 Å². The van der Waals surface area contributed by atoms with Gasteiger partial charge in [-0.2, -0.15) is 0 Å². The van der Waals surface area contributed by atoms with Crippen LogP contribution in [0.15, 0.2) is 42.5 Å². The smallest absolute Gasteiger partial charge is 0.276 e. The van der Waals surface area contributed by atoms with Crippen molar-refractivity contribution in [1.29, 1.82) is 0 Å². The van der Waals surface area contributed by atoms with Crippen molar-refractivity contribution in [1.82, 2.24) is 15.1 Å². The molecule has 0 aliphatic carbocycles. The van der Waals surface area contributed by atoms with Crippen LogP contribution in [0.25, 0.3) is 0 Å². The molecule has 1 N–H and O–H groups in total. The second-order valence-electron chi connectivity index (χ2n) is 5.32. The first-order chi connectivity index (χ1) is 10.6. The molecule has 1 amide bonds. The van der Waals surface area contributed by atoms with Crippen molar-refractivity contribution in [2.75, 3.05) is 44.4 Å². The van der Waals surface area contributed by atoms with Crippen LogP contribution in [0.4, 0.5) is 11.5 Å². The molecule has 6 heteroatoms. The molecule has 0 atom stereocenters. The molecule has 6 nitrogen and oxygen atoms in total. The molecule has 0 fully saturated rings. The van der Waals surface area contributed by atoms with E-state index in [-0.39, 0.29) is 5.91 Å². The number of para-hydroxylation sites is 1. The van der Waals surface area contributed by atoms with Gasteiger partial charge in [-0.25, -0.2) is 0 Å². The SMILES string of the molecule is CN(C)CCN(C)c1ccc(C(=O)Nc2ccccc2)nn1. The molecule has 2 aromatic rings. The largest absolute Gasteiger partial charge is 0.357 e. The summed E-state index contributed by atoms with van der Waals surface area (Å²) in [5, 5.41) is 10.9. The summed E-state index contributed by atoms with van der Waals surface area (Å²) in [5.41, 5.74) is 1.04. The lowest BCUT2D eigenvalue weighted by Gasteiger charge is -2.19. The number of anilines is 2. The molecule has 0 bridgehead atoms.